The molecule has 6 rings (SSSR count). The van der Waals surface area contributed by atoms with Crippen LogP contribution in [-0.2, 0) is 13.1 Å². The molecule has 47 heavy (non-hydrogen) atoms. The third-order valence-corrected chi connectivity index (χ3v) is 8.09. The van der Waals surface area contributed by atoms with E-state index in [-0.39, 0.29) is 43.3 Å². The first kappa shape index (κ1) is 37.8. The lowest BCUT2D eigenvalue weighted by atomic mass is 10.00. The molecular weight excluding hydrogens is 671 g/mol. The molecule has 1 saturated heterocycles. The first-order valence-electron chi connectivity index (χ1n) is 14.7. The lowest BCUT2D eigenvalue weighted by molar-refractivity contribution is 0.201. The summed E-state index contributed by atoms with van der Waals surface area (Å²) in [5.74, 6) is -2.52. The average Bonchev–Trinajstić information content (AvgIpc) is 3.00. The van der Waals surface area contributed by atoms with E-state index in [1.54, 1.807) is 12.4 Å². The molecule has 0 aliphatic carbocycles. The zero-order valence-electron chi connectivity index (χ0n) is 25.6. The van der Waals surface area contributed by atoms with Crippen LogP contribution in [0.2, 0.25) is 0 Å². The first-order valence-corrected chi connectivity index (χ1v) is 14.7. The molecule has 0 amide bonds. The molecular formula is C36H35Cl3F4N4. The van der Waals surface area contributed by atoms with Crippen molar-refractivity contribution in [1.29, 1.82) is 0 Å². The third kappa shape index (κ3) is 9.67. The minimum atomic E-state index is -0.633. The maximum atomic E-state index is 13.9. The van der Waals surface area contributed by atoms with Crippen molar-refractivity contribution in [2.24, 2.45) is 0 Å². The van der Waals surface area contributed by atoms with E-state index >= 15 is 0 Å². The Morgan fingerprint density at radius 1 is 0.638 bits per heavy atom. The molecule has 0 radical (unpaired) electrons. The molecule has 0 spiro atoms. The molecule has 1 fully saturated rings. The number of aromatic nitrogens is 2. The van der Waals surface area contributed by atoms with Crippen LogP contribution in [0, 0.1) is 30.2 Å². The molecule has 11 heteroatoms. The second-order valence-corrected chi connectivity index (χ2v) is 11.4. The fourth-order valence-corrected chi connectivity index (χ4v) is 5.88. The van der Waals surface area contributed by atoms with E-state index in [2.05, 4.69) is 51.0 Å². The van der Waals surface area contributed by atoms with Crippen molar-refractivity contribution in [3.05, 3.63) is 137 Å². The van der Waals surface area contributed by atoms with Gasteiger partial charge >= 0.3 is 0 Å². The predicted molar refractivity (Wildman–Crippen MR) is 187 cm³/mol. The SMILES string of the molecule is Cc1ccc(N(Cc2ccnc(-c3cc(F)cc(F)c3)c2)C2CCN(Cc3ccnc(-c4cc(F)cc(F)c4)c3)CC2)cc1.Cl.Cl.Cl. The Bertz CT molecular complexity index is 1730. The molecule has 3 aromatic carbocycles. The van der Waals surface area contributed by atoms with Crippen LogP contribution in [0.25, 0.3) is 22.5 Å². The van der Waals surface area contributed by atoms with E-state index in [1.165, 1.54) is 29.8 Å². The maximum Gasteiger partial charge on any atom is 0.126 e. The van der Waals surface area contributed by atoms with Crippen LogP contribution >= 0.6 is 37.2 Å². The Kier molecular flexibility index (Phi) is 13.6. The van der Waals surface area contributed by atoms with Gasteiger partial charge in [0.2, 0.25) is 0 Å². The Morgan fingerprint density at radius 3 is 1.62 bits per heavy atom. The standard InChI is InChI=1S/C36H32F4N4.3ClH/c1-24-2-4-33(5-3-24)44(23-26-7-11-42-36(15-26)28-18-31(39)21-32(40)19-28)34-8-12-43(13-9-34)22-25-6-10-41-35(14-25)27-16-29(37)20-30(38)17-27;;;/h2-7,10-11,14-21,34H,8-9,12-13,22-23H2,1H3;3*1H. The number of likely N-dealkylation sites (tertiary alicyclic amines) is 1. The van der Waals surface area contributed by atoms with Gasteiger partial charge in [-0.2, -0.15) is 0 Å². The van der Waals surface area contributed by atoms with E-state index in [0.717, 1.165) is 54.9 Å². The summed E-state index contributed by atoms with van der Waals surface area (Å²) in [6, 6.07) is 23.3. The monoisotopic (exact) mass is 704 g/mol. The fourth-order valence-electron chi connectivity index (χ4n) is 5.88. The van der Waals surface area contributed by atoms with E-state index in [1.807, 2.05) is 24.3 Å². The van der Waals surface area contributed by atoms with E-state index in [4.69, 9.17) is 0 Å². The summed E-state index contributed by atoms with van der Waals surface area (Å²) in [5, 5.41) is 0. The number of piperidine rings is 1. The van der Waals surface area contributed by atoms with Gasteiger partial charge in [-0.1, -0.05) is 17.7 Å². The Morgan fingerprint density at radius 2 is 1.11 bits per heavy atom. The van der Waals surface area contributed by atoms with Gasteiger partial charge in [0, 0.05) is 73.6 Å². The number of halogens is 7. The highest BCUT2D eigenvalue weighted by atomic mass is 35.5. The normalized spacial score (nSPS) is 13.2. The van der Waals surface area contributed by atoms with Crippen LogP contribution in [-0.4, -0.2) is 34.0 Å². The zero-order chi connectivity index (χ0) is 30.6. The molecule has 5 aromatic rings. The van der Waals surface area contributed by atoms with Gasteiger partial charge in [0.05, 0.1) is 11.4 Å². The van der Waals surface area contributed by atoms with Crippen molar-refractivity contribution in [2.45, 2.75) is 38.9 Å². The van der Waals surface area contributed by atoms with Gasteiger partial charge in [-0.25, -0.2) is 17.6 Å². The van der Waals surface area contributed by atoms with Crippen LogP contribution in [0.5, 0.6) is 0 Å². The van der Waals surface area contributed by atoms with E-state index in [9.17, 15) is 17.6 Å². The smallest absolute Gasteiger partial charge is 0.126 e. The largest absolute Gasteiger partial charge is 0.364 e. The van der Waals surface area contributed by atoms with Crippen molar-refractivity contribution < 1.29 is 17.6 Å². The number of hydrogen-bond donors (Lipinski definition) is 0. The van der Waals surface area contributed by atoms with Crippen LogP contribution in [0.3, 0.4) is 0 Å². The molecule has 0 unspecified atom stereocenters. The fraction of sp³-hybridized carbons (Fsp3) is 0.222. The molecule has 0 saturated carbocycles. The molecule has 0 atom stereocenters. The highest BCUT2D eigenvalue weighted by Crippen LogP contribution is 2.29. The molecule has 4 nitrogen and oxygen atoms in total. The zero-order valence-corrected chi connectivity index (χ0v) is 28.0. The van der Waals surface area contributed by atoms with Gasteiger partial charge in [0.25, 0.3) is 0 Å². The molecule has 0 bridgehead atoms. The van der Waals surface area contributed by atoms with E-state index < -0.39 is 23.3 Å². The summed E-state index contributed by atoms with van der Waals surface area (Å²) in [5.41, 5.74) is 6.22. The van der Waals surface area contributed by atoms with Gasteiger partial charge in [-0.3, -0.25) is 14.9 Å². The van der Waals surface area contributed by atoms with Crippen molar-refractivity contribution in [3.63, 3.8) is 0 Å². The highest BCUT2D eigenvalue weighted by molar-refractivity contribution is 5.86. The second-order valence-electron chi connectivity index (χ2n) is 11.4. The number of hydrogen-bond acceptors (Lipinski definition) is 4. The number of benzene rings is 3. The van der Waals surface area contributed by atoms with Gasteiger partial charge in [0.15, 0.2) is 0 Å². The van der Waals surface area contributed by atoms with Crippen molar-refractivity contribution in [3.8, 4) is 22.5 Å². The minimum Gasteiger partial charge on any atom is -0.364 e. The Balaban J connectivity index is 0.00000200. The number of nitrogens with zero attached hydrogens (tertiary/aromatic N) is 4. The number of pyridine rings is 2. The maximum absolute atomic E-state index is 13.9. The summed E-state index contributed by atoms with van der Waals surface area (Å²) in [6.45, 7) is 5.16. The average molecular weight is 706 g/mol. The van der Waals surface area contributed by atoms with Crippen molar-refractivity contribution >= 4 is 42.9 Å². The van der Waals surface area contributed by atoms with Gasteiger partial charge < -0.3 is 4.90 Å². The van der Waals surface area contributed by atoms with Crippen LogP contribution in [0.4, 0.5) is 23.2 Å². The third-order valence-electron chi connectivity index (χ3n) is 8.09. The quantitative estimate of drug-likeness (QED) is 0.151. The van der Waals surface area contributed by atoms with Crippen molar-refractivity contribution in [1.82, 2.24) is 14.9 Å². The lowest BCUT2D eigenvalue weighted by Crippen LogP contribution is -2.44. The summed E-state index contributed by atoms with van der Waals surface area (Å²) in [7, 11) is 0. The topological polar surface area (TPSA) is 32.3 Å². The first-order chi connectivity index (χ1) is 21.3. The molecule has 1 aliphatic heterocycles. The van der Waals surface area contributed by atoms with Crippen LogP contribution in [0.1, 0.15) is 29.5 Å². The molecule has 2 aromatic heterocycles. The summed E-state index contributed by atoms with van der Waals surface area (Å²) in [6.07, 6.45) is 5.24. The molecule has 0 N–H and O–H groups in total. The van der Waals surface area contributed by atoms with Gasteiger partial charge in [0.1, 0.15) is 23.3 Å². The number of anilines is 1. The van der Waals surface area contributed by atoms with Gasteiger partial charge in [-0.15, -0.1) is 37.2 Å². The Hall–Kier alpha value is -3.69. The number of aryl methyl sites for hydroxylation is 1. The second kappa shape index (κ2) is 16.9. The summed E-state index contributed by atoms with van der Waals surface area (Å²) < 4.78 is 55.4. The molecule has 1 aliphatic rings. The predicted octanol–water partition coefficient (Wildman–Crippen LogP) is 9.61. The number of rotatable bonds is 8. The Labute approximate surface area is 291 Å². The highest BCUT2D eigenvalue weighted by Gasteiger charge is 2.26. The van der Waals surface area contributed by atoms with Crippen LogP contribution in [0.15, 0.2) is 97.3 Å². The lowest BCUT2D eigenvalue weighted by Gasteiger charge is -2.40. The van der Waals surface area contributed by atoms with Crippen LogP contribution < -0.4 is 4.90 Å². The molecule has 3 heterocycles. The minimum absolute atomic E-state index is 0. The summed E-state index contributed by atoms with van der Waals surface area (Å²) >= 11 is 0. The summed E-state index contributed by atoms with van der Waals surface area (Å²) in [4.78, 5) is 13.5. The van der Waals surface area contributed by atoms with Crippen molar-refractivity contribution in [2.75, 3.05) is 18.0 Å². The molecule has 248 valence electrons. The van der Waals surface area contributed by atoms with Gasteiger partial charge in [-0.05, 0) is 91.6 Å². The van der Waals surface area contributed by atoms with E-state index in [0.29, 0.717) is 35.6 Å².